The largest absolute Gasteiger partial charge is 0.326 e. The maximum atomic E-state index is 12.3. The van der Waals surface area contributed by atoms with Gasteiger partial charge in [0.1, 0.15) is 0 Å². The van der Waals surface area contributed by atoms with E-state index >= 15 is 0 Å². The Morgan fingerprint density at radius 1 is 1.07 bits per heavy atom. The van der Waals surface area contributed by atoms with Crippen molar-refractivity contribution in [2.75, 3.05) is 5.32 Å². The number of carbonyl (C=O) groups excluding carboxylic acids is 1. The van der Waals surface area contributed by atoms with Crippen LogP contribution in [0.2, 0.25) is 5.02 Å². The molecule has 0 fully saturated rings. The third-order valence-corrected chi connectivity index (χ3v) is 5.19. The van der Waals surface area contributed by atoms with Crippen LogP contribution in [0.3, 0.4) is 0 Å². The topological polar surface area (TPSA) is 102 Å². The number of benzene rings is 2. The molecule has 0 spiro atoms. The van der Waals surface area contributed by atoms with Crippen molar-refractivity contribution in [3.05, 3.63) is 77.6 Å². The molecule has 1 heterocycles. The average molecular weight is 402 g/mol. The highest BCUT2D eigenvalue weighted by Gasteiger charge is 2.17. The van der Waals surface area contributed by atoms with Gasteiger partial charge in [0.15, 0.2) is 0 Å². The van der Waals surface area contributed by atoms with Crippen molar-refractivity contribution in [3.63, 3.8) is 0 Å². The Labute approximate surface area is 162 Å². The molecule has 0 radical (unpaired) electrons. The fraction of sp³-hybridized carbons (Fsp3) is 0.0526. The minimum Gasteiger partial charge on any atom is -0.326 e. The van der Waals surface area contributed by atoms with E-state index in [0.717, 1.165) is 0 Å². The second-order valence-corrected chi connectivity index (χ2v) is 7.75. The Hall–Kier alpha value is -2.74. The fourth-order valence-electron chi connectivity index (χ4n) is 2.63. The number of hydrogen-bond donors (Lipinski definition) is 2. The van der Waals surface area contributed by atoms with Gasteiger partial charge in [0.05, 0.1) is 11.3 Å². The number of amides is 1. The first kappa shape index (κ1) is 19.0. The molecule has 3 N–H and O–H groups in total. The first-order chi connectivity index (χ1) is 12.8. The lowest BCUT2D eigenvalue weighted by atomic mass is 10.1. The van der Waals surface area contributed by atoms with E-state index < -0.39 is 10.0 Å². The van der Waals surface area contributed by atoms with Crippen LogP contribution in [0.5, 0.6) is 0 Å². The number of nitrogens with one attached hydrogen (secondary N) is 1. The highest BCUT2D eigenvalue weighted by Crippen LogP contribution is 2.29. The van der Waals surface area contributed by atoms with Gasteiger partial charge in [-0.15, -0.1) is 0 Å². The summed E-state index contributed by atoms with van der Waals surface area (Å²) in [7, 11) is -4.00. The van der Waals surface area contributed by atoms with Gasteiger partial charge >= 0.3 is 0 Å². The second-order valence-electron chi connectivity index (χ2n) is 5.81. The SMILES string of the molecule is NS(=O)(=O)c1cc(NC(=O)Cc2ccccc2Cl)ccc1-c1ccncc1. The van der Waals surface area contributed by atoms with Gasteiger partial charge in [0, 0.05) is 28.7 Å². The molecule has 0 bridgehead atoms. The summed E-state index contributed by atoms with van der Waals surface area (Å²) in [6.45, 7) is 0. The average Bonchev–Trinajstić information content (AvgIpc) is 2.63. The van der Waals surface area contributed by atoms with Gasteiger partial charge in [0.25, 0.3) is 0 Å². The molecule has 1 aromatic heterocycles. The number of aromatic nitrogens is 1. The van der Waals surface area contributed by atoms with E-state index in [4.69, 9.17) is 16.7 Å². The lowest BCUT2D eigenvalue weighted by Gasteiger charge is -2.12. The van der Waals surface area contributed by atoms with Gasteiger partial charge in [-0.25, -0.2) is 13.6 Å². The normalized spacial score (nSPS) is 11.2. The number of halogens is 1. The van der Waals surface area contributed by atoms with E-state index in [0.29, 0.717) is 27.4 Å². The minimum absolute atomic E-state index is 0.0660. The van der Waals surface area contributed by atoms with Crippen LogP contribution in [-0.4, -0.2) is 19.3 Å². The Morgan fingerprint density at radius 3 is 2.44 bits per heavy atom. The summed E-state index contributed by atoms with van der Waals surface area (Å²) < 4.78 is 24.1. The molecule has 0 aliphatic heterocycles. The summed E-state index contributed by atoms with van der Waals surface area (Å²) in [5, 5.41) is 8.53. The fourth-order valence-corrected chi connectivity index (χ4v) is 3.61. The Morgan fingerprint density at radius 2 is 1.78 bits per heavy atom. The molecule has 27 heavy (non-hydrogen) atoms. The van der Waals surface area contributed by atoms with Crippen LogP contribution in [0.25, 0.3) is 11.1 Å². The van der Waals surface area contributed by atoms with E-state index in [9.17, 15) is 13.2 Å². The van der Waals surface area contributed by atoms with E-state index in [1.165, 1.54) is 6.07 Å². The van der Waals surface area contributed by atoms with Crippen LogP contribution in [-0.2, 0) is 21.2 Å². The van der Waals surface area contributed by atoms with Gasteiger partial charge in [-0.1, -0.05) is 35.9 Å². The number of nitrogens with two attached hydrogens (primary N) is 1. The van der Waals surface area contributed by atoms with E-state index in [2.05, 4.69) is 10.3 Å². The smallest absolute Gasteiger partial charge is 0.238 e. The van der Waals surface area contributed by atoms with Gasteiger partial charge < -0.3 is 5.32 Å². The summed E-state index contributed by atoms with van der Waals surface area (Å²) in [6, 6.07) is 14.9. The zero-order chi connectivity index (χ0) is 19.4. The molecule has 138 valence electrons. The molecule has 0 unspecified atom stereocenters. The summed E-state index contributed by atoms with van der Waals surface area (Å²) in [4.78, 5) is 16.1. The van der Waals surface area contributed by atoms with Crippen molar-refractivity contribution in [1.82, 2.24) is 4.98 Å². The van der Waals surface area contributed by atoms with E-state index in [1.54, 1.807) is 60.9 Å². The number of nitrogens with zero attached hydrogens (tertiary/aromatic N) is 1. The van der Waals surface area contributed by atoms with Gasteiger partial charge in [-0.2, -0.15) is 0 Å². The van der Waals surface area contributed by atoms with Crippen LogP contribution in [0, 0.1) is 0 Å². The van der Waals surface area contributed by atoms with Crippen LogP contribution in [0.15, 0.2) is 71.9 Å². The summed E-state index contributed by atoms with van der Waals surface area (Å²) >= 11 is 6.06. The summed E-state index contributed by atoms with van der Waals surface area (Å²) in [6.07, 6.45) is 3.18. The summed E-state index contributed by atoms with van der Waals surface area (Å²) in [5.74, 6) is -0.319. The maximum Gasteiger partial charge on any atom is 0.238 e. The number of sulfonamides is 1. The number of pyridine rings is 1. The quantitative estimate of drug-likeness (QED) is 0.685. The Balaban J connectivity index is 1.89. The molecule has 0 aliphatic carbocycles. The van der Waals surface area contributed by atoms with Crippen molar-refractivity contribution < 1.29 is 13.2 Å². The number of rotatable bonds is 5. The van der Waals surface area contributed by atoms with E-state index in [-0.39, 0.29) is 17.2 Å². The van der Waals surface area contributed by atoms with Gasteiger partial charge in [-0.05, 0) is 41.5 Å². The number of carbonyl (C=O) groups is 1. The molecule has 6 nitrogen and oxygen atoms in total. The standard InChI is InChI=1S/C19H16ClN3O3S/c20-17-4-2-1-3-14(17)11-19(24)23-15-5-6-16(13-7-9-22-10-8-13)18(12-15)27(21,25)26/h1-10,12H,11H2,(H,23,24)(H2,21,25,26). The van der Waals surface area contributed by atoms with Crippen molar-refractivity contribution in [2.24, 2.45) is 5.14 Å². The van der Waals surface area contributed by atoms with Crippen LogP contribution < -0.4 is 10.5 Å². The third kappa shape index (κ3) is 4.71. The molecular formula is C19H16ClN3O3S. The Kier molecular flexibility index (Phi) is 5.55. The molecule has 1 amide bonds. The summed E-state index contributed by atoms with van der Waals surface area (Å²) in [5.41, 5.74) is 2.09. The molecule has 8 heteroatoms. The molecule has 0 aliphatic rings. The second kappa shape index (κ2) is 7.87. The van der Waals surface area contributed by atoms with Crippen molar-refractivity contribution >= 4 is 33.2 Å². The zero-order valence-corrected chi connectivity index (χ0v) is 15.7. The van der Waals surface area contributed by atoms with E-state index in [1.807, 2.05) is 0 Å². The van der Waals surface area contributed by atoms with Crippen molar-refractivity contribution in [2.45, 2.75) is 11.3 Å². The highest BCUT2D eigenvalue weighted by atomic mass is 35.5. The monoisotopic (exact) mass is 401 g/mol. The predicted octanol–water partition coefficient (Wildman–Crippen LogP) is 3.23. The number of anilines is 1. The van der Waals surface area contributed by atoms with Crippen LogP contribution >= 0.6 is 11.6 Å². The lowest BCUT2D eigenvalue weighted by Crippen LogP contribution is -2.17. The van der Waals surface area contributed by atoms with Crippen LogP contribution in [0.1, 0.15) is 5.56 Å². The third-order valence-electron chi connectivity index (χ3n) is 3.87. The lowest BCUT2D eigenvalue weighted by molar-refractivity contribution is -0.115. The molecule has 3 aromatic rings. The van der Waals surface area contributed by atoms with Crippen molar-refractivity contribution in [1.29, 1.82) is 0 Å². The predicted molar refractivity (Wildman–Crippen MR) is 105 cm³/mol. The first-order valence-corrected chi connectivity index (χ1v) is 9.87. The van der Waals surface area contributed by atoms with Gasteiger partial charge in [0.2, 0.25) is 15.9 Å². The number of hydrogen-bond acceptors (Lipinski definition) is 4. The first-order valence-electron chi connectivity index (χ1n) is 7.95. The number of primary sulfonamides is 1. The Bertz CT molecular complexity index is 1090. The molecule has 2 aromatic carbocycles. The minimum atomic E-state index is -4.00. The molecule has 0 saturated heterocycles. The molecule has 3 rings (SSSR count). The highest BCUT2D eigenvalue weighted by molar-refractivity contribution is 7.89. The molecular weight excluding hydrogens is 386 g/mol. The van der Waals surface area contributed by atoms with Crippen LogP contribution in [0.4, 0.5) is 5.69 Å². The molecule has 0 atom stereocenters. The van der Waals surface area contributed by atoms with Gasteiger partial charge in [-0.3, -0.25) is 9.78 Å². The van der Waals surface area contributed by atoms with Crippen molar-refractivity contribution in [3.8, 4) is 11.1 Å². The zero-order valence-electron chi connectivity index (χ0n) is 14.1. The molecule has 0 saturated carbocycles. The maximum absolute atomic E-state index is 12.3.